The molecule has 1 saturated heterocycles. The number of piperidine rings is 1. The van der Waals surface area contributed by atoms with Crippen LogP contribution in [0.2, 0.25) is 0 Å². The highest BCUT2D eigenvalue weighted by atomic mass is 32.1. The maximum absolute atomic E-state index is 5.61. The van der Waals surface area contributed by atoms with E-state index >= 15 is 0 Å². The van der Waals surface area contributed by atoms with Gasteiger partial charge in [0.1, 0.15) is 4.83 Å². The second kappa shape index (κ2) is 9.20. The van der Waals surface area contributed by atoms with Crippen molar-refractivity contribution in [3.8, 4) is 0 Å². The molecular formula is C24H28N4OS2. The lowest BCUT2D eigenvalue weighted by Gasteiger charge is -2.39. The molecule has 0 radical (unpaired) electrons. The molecule has 0 amide bonds. The van der Waals surface area contributed by atoms with Crippen molar-refractivity contribution in [3.63, 3.8) is 0 Å². The average molecular weight is 453 g/mol. The van der Waals surface area contributed by atoms with E-state index in [9.17, 15) is 0 Å². The molecule has 0 saturated carbocycles. The summed E-state index contributed by atoms with van der Waals surface area (Å²) >= 11 is 3.52. The average Bonchev–Trinajstić information content (AvgIpc) is 3.42. The van der Waals surface area contributed by atoms with E-state index in [4.69, 9.17) is 4.74 Å². The van der Waals surface area contributed by atoms with Gasteiger partial charge >= 0.3 is 0 Å². The van der Waals surface area contributed by atoms with Gasteiger partial charge in [0.05, 0.1) is 28.0 Å². The first kappa shape index (κ1) is 20.8. The molecule has 1 aliphatic heterocycles. The van der Waals surface area contributed by atoms with Crippen LogP contribution < -0.4 is 5.32 Å². The van der Waals surface area contributed by atoms with Crippen molar-refractivity contribution in [3.05, 3.63) is 46.9 Å². The standard InChI is InChI=1S/C24H28N4OS2/c1-3-29-12-11-28-10-4-5-18(16(28)2)23-14-19-20(8-9-25-24(19)31-23)27-17-6-7-22-21(13-17)26-15-30-22/h6-9,13-16,18H,3-5,10-12H2,1-2H3,(H,25,27)/t16-,18+/m1/s1. The van der Waals surface area contributed by atoms with Crippen LogP contribution in [0.3, 0.4) is 0 Å². The van der Waals surface area contributed by atoms with Gasteiger partial charge in [-0.25, -0.2) is 9.97 Å². The van der Waals surface area contributed by atoms with Gasteiger partial charge < -0.3 is 10.1 Å². The molecule has 5 nitrogen and oxygen atoms in total. The van der Waals surface area contributed by atoms with Crippen molar-refractivity contribution in [1.29, 1.82) is 0 Å². The summed E-state index contributed by atoms with van der Waals surface area (Å²) in [5.41, 5.74) is 5.10. The molecule has 31 heavy (non-hydrogen) atoms. The van der Waals surface area contributed by atoms with Gasteiger partial charge in [0, 0.05) is 47.3 Å². The highest BCUT2D eigenvalue weighted by Crippen LogP contribution is 2.40. The number of thiophene rings is 1. The van der Waals surface area contributed by atoms with Gasteiger partial charge in [-0.3, -0.25) is 4.90 Å². The summed E-state index contributed by atoms with van der Waals surface area (Å²) in [6.07, 6.45) is 4.38. The fourth-order valence-electron chi connectivity index (χ4n) is 4.58. The van der Waals surface area contributed by atoms with Crippen LogP contribution in [0.4, 0.5) is 11.4 Å². The largest absolute Gasteiger partial charge is 0.380 e. The van der Waals surface area contributed by atoms with Gasteiger partial charge in [-0.2, -0.15) is 0 Å². The summed E-state index contributed by atoms with van der Waals surface area (Å²) in [4.78, 5) is 14.3. The highest BCUT2D eigenvalue weighted by Gasteiger charge is 2.30. The van der Waals surface area contributed by atoms with Crippen LogP contribution in [-0.2, 0) is 4.74 Å². The third-order valence-electron chi connectivity index (χ3n) is 6.28. The topological polar surface area (TPSA) is 50.3 Å². The molecule has 162 valence electrons. The normalized spacial score (nSPS) is 19.9. The Morgan fingerprint density at radius 3 is 3.06 bits per heavy atom. The third-order valence-corrected chi connectivity index (χ3v) is 8.26. The van der Waals surface area contributed by atoms with Crippen LogP contribution >= 0.6 is 22.7 Å². The van der Waals surface area contributed by atoms with Crippen molar-refractivity contribution in [2.45, 2.75) is 38.6 Å². The molecule has 4 aromatic rings. The summed E-state index contributed by atoms with van der Waals surface area (Å²) in [6.45, 7) is 8.22. The fraction of sp³-hybridized carbons (Fsp3) is 0.417. The third kappa shape index (κ3) is 4.32. The number of likely N-dealkylation sites (tertiary alicyclic amines) is 1. The number of pyridine rings is 1. The van der Waals surface area contributed by atoms with E-state index < -0.39 is 0 Å². The van der Waals surface area contributed by atoms with Crippen molar-refractivity contribution in [1.82, 2.24) is 14.9 Å². The van der Waals surface area contributed by atoms with E-state index in [1.165, 1.54) is 34.3 Å². The number of hydrogen-bond acceptors (Lipinski definition) is 7. The van der Waals surface area contributed by atoms with Gasteiger partial charge in [-0.15, -0.1) is 22.7 Å². The lowest BCUT2D eigenvalue weighted by atomic mass is 9.88. The summed E-state index contributed by atoms with van der Waals surface area (Å²) < 4.78 is 6.82. The second-order valence-corrected chi connectivity index (χ2v) is 10.1. The lowest BCUT2D eigenvalue weighted by molar-refractivity contribution is 0.0748. The number of thiazole rings is 1. The molecule has 0 unspecified atom stereocenters. The Morgan fingerprint density at radius 2 is 2.16 bits per heavy atom. The predicted molar refractivity (Wildman–Crippen MR) is 132 cm³/mol. The van der Waals surface area contributed by atoms with E-state index in [0.29, 0.717) is 12.0 Å². The molecule has 5 rings (SSSR count). The molecule has 1 N–H and O–H groups in total. The number of anilines is 2. The molecule has 7 heteroatoms. The van der Waals surface area contributed by atoms with Gasteiger partial charge in [-0.05, 0) is 63.6 Å². The molecular weight excluding hydrogens is 424 g/mol. The van der Waals surface area contributed by atoms with E-state index in [1.54, 1.807) is 11.3 Å². The fourth-order valence-corrected chi connectivity index (χ4v) is 6.49. The lowest BCUT2D eigenvalue weighted by Crippen LogP contribution is -2.43. The van der Waals surface area contributed by atoms with Crippen molar-refractivity contribution in [2.24, 2.45) is 0 Å². The monoisotopic (exact) mass is 452 g/mol. The summed E-state index contributed by atoms with van der Waals surface area (Å²) in [5.74, 6) is 0.550. The van der Waals surface area contributed by atoms with E-state index in [-0.39, 0.29) is 0 Å². The predicted octanol–water partition coefficient (Wildman–Crippen LogP) is 6.25. The summed E-state index contributed by atoms with van der Waals surface area (Å²) in [6, 6.07) is 11.3. The van der Waals surface area contributed by atoms with Crippen molar-refractivity contribution in [2.75, 3.05) is 31.6 Å². The van der Waals surface area contributed by atoms with Gasteiger partial charge in [-0.1, -0.05) is 0 Å². The SMILES string of the molecule is CCOCCN1CCC[C@H](c2cc3c(Nc4ccc5scnc5c4)ccnc3s2)[C@H]1C. The Hall–Kier alpha value is -2.06. The maximum Gasteiger partial charge on any atom is 0.125 e. The Kier molecular flexibility index (Phi) is 6.18. The molecule has 1 fully saturated rings. The smallest absolute Gasteiger partial charge is 0.125 e. The number of aromatic nitrogens is 2. The van der Waals surface area contributed by atoms with Crippen LogP contribution in [0.5, 0.6) is 0 Å². The molecule has 2 atom stereocenters. The minimum atomic E-state index is 0.519. The number of nitrogens with zero attached hydrogens (tertiary/aromatic N) is 3. The summed E-state index contributed by atoms with van der Waals surface area (Å²) in [5, 5.41) is 4.81. The number of benzene rings is 1. The molecule has 4 heterocycles. The number of ether oxygens (including phenoxy) is 1. The molecule has 0 spiro atoms. The Labute approximate surface area is 191 Å². The highest BCUT2D eigenvalue weighted by molar-refractivity contribution is 7.18. The van der Waals surface area contributed by atoms with Crippen molar-refractivity contribution >= 4 is 54.5 Å². The van der Waals surface area contributed by atoms with Crippen LogP contribution in [0.1, 0.15) is 37.5 Å². The molecule has 0 bridgehead atoms. The number of hydrogen-bond donors (Lipinski definition) is 1. The van der Waals surface area contributed by atoms with E-state index in [0.717, 1.165) is 41.5 Å². The van der Waals surface area contributed by atoms with E-state index in [2.05, 4.69) is 64.4 Å². The quantitative estimate of drug-likeness (QED) is 0.336. The van der Waals surface area contributed by atoms with Crippen LogP contribution in [-0.4, -0.2) is 47.2 Å². The van der Waals surface area contributed by atoms with Crippen LogP contribution in [0.15, 0.2) is 42.0 Å². The first-order valence-electron chi connectivity index (χ1n) is 11.0. The Bertz CT molecular complexity index is 1170. The number of rotatable bonds is 7. The zero-order valence-corrected chi connectivity index (χ0v) is 19.6. The van der Waals surface area contributed by atoms with Gasteiger partial charge in [0.2, 0.25) is 0 Å². The van der Waals surface area contributed by atoms with Crippen molar-refractivity contribution < 1.29 is 4.74 Å². The molecule has 3 aromatic heterocycles. The molecule has 0 aliphatic carbocycles. The summed E-state index contributed by atoms with van der Waals surface area (Å²) in [7, 11) is 0. The zero-order chi connectivity index (χ0) is 21.2. The van der Waals surface area contributed by atoms with Crippen LogP contribution in [0.25, 0.3) is 20.4 Å². The first-order chi connectivity index (χ1) is 15.2. The van der Waals surface area contributed by atoms with Crippen LogP contribution in [0, 0.1) is 0 Å². The minimum Gasteiger partial charge on any atom is -0.380 e. The first-order valence-corrected chi connectivity index (χ1v) is 12.7. The Balaban J connectivity index is 1.39. The zero-order valence-electron chi connectivity index (χ0n) is 18.0. The molecule has 1 aliphatic rings. The van der Waals surface area contributed by atoms with E-state index in [1.807, 2.05) is 23.0 Å². The number of nitrogens with one attached hydrogen (secondary N) is 1. The second-order valence-electron chi connectivity index (χ2n) is 8.11. The minimum absolute atomic E-state index is 0.519. The molecule has 1 aromatic carbocycles. The maximum atomic E-state index is 5.61. The Morgan fingerprint density at radius 1 is 1.23 bits per heavy atom. The van der Waals surface area contributed by atoms with Gasteiger partial charge in [0.15, 0.2) is 0 Å². The van der Waals surface area contributed by atoms with Gasteiger partial charge in [0.25, 0.3) is 0 Å². The number of fused-ring (bicyclic) bond motifs is 2.